The Kier molecular flexibility index (Phi) is 3.79. The van der Waals surface area contributed by atoms with Gasteiger partial charge in [-0.3, -0.25) is 0 Å². The Morgan fingerprint density at radius 3 is 2.00 bits per heavy atom. The third kappa shape index (κ3) is 3.11. The highest BCUT2D eigenvalue weighted by molar-refractivity contribution is 7.96. The van der Waals surface area contributed by atoms with Gasteiger partial charge in [0.05, 0.1) is 0 Å². The first kappa shape index (κ1) is 9.82. The molecule has 0 amide bonds. The molecule has 0 saturated carbocycles. The molecule has 0 N–H and O–H groups in total. The molecular formula is C7H14O2S. The molecule has 0 rings (SSSR count). The van der Waals surface area contributed by atoms with Crippen molar-refractivity contribution in [2.45, 2.75) is 39.2 Å². The lowest BCUT2D eigenvalue weighted by Gasteiger charge is -2.25. The van der Waals surface area contributed by atoms with Gasteiger partial charge >= 0.3 is 5.30 Å². The number of thiol groups is 1. The van der Waals surface area contributed by atoms with Crippen LogP contribution in [0.3, 0.4) is 0 Å². The Morgan fingerprint density at radius 2 is 1.90 bits per heavy atom. The summed E-state index contributed by atoms with van der Waals surface area (Å²) in [4.78, 5) is 10.4. The van der Waals surface area contributed by atoms with Gasteiger partial charge in [0.2, 0.25) is 0 Å². The predicted molar refractivity (Wildman–Crippen MR) is 44.5 cm³/mol. The third-order valence-electron chi connectivity index (χ3n) is 1.83. The number of carbonyl (C=O) groups excluding carboxylic acids is 1. The van der Waals surface area contributed by atoms with Crippen LogP contribution in [-0.4, -0.2) is 10.9 Å². The van der Waals surface area contributed by atoms with Gasteiger partial charge in [-0.05, 0) is 19.8 Å². The lowest BCUT2D eigenvalue weighted by Crippen LogP contribution is -2.27. The molecule has 0 bridgehead atoms. The van der Waals surface area contributed by atoms with Crippen molar-refractivity contribution in [2.75, 3.05) is 0 Å². The van der Waals surface area contributed by atoms with Gasteiger partial charge in [0.1, 0.15) is 5.60 Å². The molecule has 2 nitrogen and oxygen atoms in total. The highest BCUT2D eigenvalue weighted by atomic mass is 32.1. The number of rotatable bonds is 3. The topological polar surface area (TPSA) is 26.3 Å². The zero-order valence-corrected chi connectivity index (χ0v) is 7.57. The van der Waals surface area contributed by atoms with Crippen molar-refractivity contribution in [1.29, 1.82) is 0 Å². The molecule has 3 heteroatoms. The van der Waals surface area contributed by atoms with Gasteiger partial charge in [-0.1, -0.05) is 26.5 Å². The van der Waals surface area contributed by atoms with Gasteiger partial charge in [-0.2, -0.15) is 0 Å². The minimum atomic E-state index is -0.494. The van der Waals surface area contributed by atoms with E-state index in [2.05, 4.69) is 12.6 Å². The van der Waals surface area contributed by atoms with E-state index in [0.717, 1.165) is 12.8 Å². The second-order valence-corrected chi connectivity index (χ2v) is 2.89. The van der Waals surface area contributed by atoms with Crippen LogP contribution in [0.25, 0.3) is 0 Å². The lowest BCUT2D eigenvalue weighted by atomic mass is 10.0. The Labute approximate surface area is 67.4 Å². The fourth-order valence-corrected chi connectivity index (χ4v) is 0.826. The summed E-state index contributed by atoms with van der Waals surface area (Å²) >= 11 is 3.54. The van der Waals surface area contributed by atoms with Crippen LogP contribution in [0.1, 0.15) is 33.6 Å². The summed E-state index contributed by atoms with van der Waals surface area (Å²) in [5.74, 6) is 0. The van der Waals surface area contributed by atoms with Gasteiger partial charge in [-0.25, -0.2) is 4.79 Å². The number of carbonyl (C=O) groups is 1. The van der Waals surface area contributed by atoms with Crippen LogP contribution in [0.2, 0.25) is 0 Å². The van der Waals surface area contributed by atoms with E-state index in [1.165, 1.54) is 0 Å². The molecule has 0 aliphatic rings. The molecule has 0 heterocycles. The van der Waals surface area contributed by atoms with Crippen molar-refractivity contribution in [3.63, 3.8) is 0 Å². The van der Waals surface area contributed by atoms with Gasteiger partial charge in [0, 0.05) is 0 Å². The largest absolute Gasteiger partial charge is 0.451 e. The minimum Gasteiger partial charge on any atom is -0.451 e. The van der Waals surface area contributed by atoms with Gasteiger partial charge < -0.3 is 4.74 Å². The molecular weight excluding hydrogens is 148 g/mol. The van der Waals surface area contributed by atoms with E-state index in [1.807, 2.05) is 20.8 Å². The first-order chi connectivity index (χ1) is 4.54. The van der Waals surface area contributed by atoms with Gasteiger partial charge in [-0.15, -0.1) is 0 Å². The smallest absolute Gasteiger partial charge is 0.364 e. The molecule has 0 aliphatic heterocycles. The van der Waals surface area contributed by atoms with Crippen LogP contribution in [0, 0.1) is 0 Å². The van der Waals surface area contributed by atoms with E-state index in [0.29, 0.717) is 0 Å². The van der Waals surface area contributed by atoms with Crippen molar-refractivity contribution in [3.05, 3.63) is 0 Å². The van der Waals surface area contributed by atoms with E-state index >= 15 is 0 Å². The van der Waals surface area contributed by atoms with Crippen molar-refractivity contribution in [3.8, 4) is 0 Å². The second kappa shape index (κ2) is 3.86. The Morgan fingerprint density at radius 1 is 1.50 bits per heavy atom. The first-order valence-corrected chi connectivity index (χ1v) is 3.90. The van der Waals surface area contributed by atoms with E-state index in [1.54, 1.807) is 0 Å². The first-order valence-electron chi connectivity index (χ1n) is 3.46. The quantitative estimate of drug-likeness (QED) is 0.510. The second-order valence-electron chi connectivity index (χ2n) is 2.52. The van der Waals surface area contributed by atoms with E-state index in [9.17, 15) is 4.79 Å². The maximum absolute atomic E-state index is 10.4. The minimum absolute atomic E-state index is 0.321. The van der Waals surface area contributed by atoms with Crippen LogP contribution < -0.4 is 0 Å². The standard InChI is InChI=1S/C7H14O2S/c1-4-7(3,5-2)9-6(8)10/h4-5H2,1-3H3,(H,8,10). The SMILES string of the molecule is CCC(C)(CC)OC(=O)S. The lowest BCUT2D eigenvalue weighted by molar-refractivity contribution is 0.0371. The highest BCUT2D eigenvalue weighted by Crippen LogP contribution is 2.20. The zero-order chi connectivity index (χ0) is 8.20. The monoisotopic (exact) mass is 162 g/mol. The average Bonchev–Trinajstić information content (AvgIpc) is 1.87. The van der Waals surface area contributed by atoms with Crippen LogP contribution in [0.4, 0.5) is 4.79 Å². The van der Waals surface area contributed by atoms with Crippen molar-refractivity contribution in [1.82, 2.24) is 0 Å². The summed E-state index contributed by atoms with van der Waals surface area (Å²) in [5.41, 5.74) is -0.321. The summed E-state index contributed by atoms with van der Waals surface area (Å²) in [6.07, 6.45) is 1.66. The summed E-state index contributed by atoms with van der Waals surface area (Å²) in [6.45, 7) is 5.88. The van der Waals surface area contributed by atoms with E-state index in [-0.39, 0.29) is 5.60 Å². The highest BCUT2D eigenvalue weighted by Gasteiger charge is 2.22. The number of hydrogen-bond acceptors (Lipinski definition) is 2. The van der Waals surface area contributed by atoms with Crippen molar-refractivity contribution >= 4 is 17.9 Å². The molecule has 60 valence electrons. The van der Waals surface area contributed by atoms with Gasteiger partial charge in [0.15, 0.2) is 0 Å². The maximum atomic E-state index is 10.4. The fourth-order valence-electron chi connectivity index (χ4n) is 0.605. The predicted octanol–water partition coefficient (Wildman–Crippen LogP) is 2.63. The molecule has 0 aromatic heterocycles. The summed E-state index contributed by atoms with van der Waals surface area (Å²) in [6, 6.07) is 0. The Hall–Kier alpha value is -0.180. The van der Waals surface area contributed by atoms with Crippen LogP contribution >= 0.6 is 12.6 Å². The molecule has 0 aromatic carbocycles. The Bertz CT molecular complexity index is 119. The number of hydrogen-bond donors (Lipinski definition) is 1. The fraction of sp³-hybridized carbons (Fsp3) is 0.857. The molecule has 0 radical (unpaired) electrons. The van der Waals surface area contributed by atoms with Crippen LogP contribution in [0.5, 0.6) is 0 Å². The zero-order valence-electron chi connectivity index (χ0n) is 6.68. The number of ether oxygens (including phenoxy) is 1. The van der Waals surface area contributed by atoms with E-state index < -0.39 is 5.30 Å². The summed E-state index contributed by atoms with van der Waals surface area (Å²) in [5, 5.41) is -0.494. The molecule has 0 aliphatic carbocycles. The Balaban J connectivity index is 3.92. The molecule has 10 heavy (non-hydrogen) atoms. The molecule has 0 saturated heterocycles. The molecule has 0 atom stereocenters. The third-order valence-corrected chi connectivity index (χ3v) is 1.92. The van der Waals surface area contributed by atoms with Crippen LogP contribution in [0.15, 0.2) is 0 Å². The summed E-state index contributed by atoms with van der Waals surface area (Å²) < 4.78 is 4.96. The van der Waals surface area contributed by atoms with Gasteiger partial charge in [0.25, 0.3) is 0 Å². The van der Waals surface area contributed by atoms with Crippen LogP contribution in [-0.2, 0) is 4.74 Å². The van der Waals surface area contributed by atoms with Crippen molar-refractivity contribution < 1.29 is 9.53 Å². The van der Waals surface area contributed by atoms with Crippen molar-refractivity contribution in [2.24, 2.45) is 0 Å². The average molecular weight is 162 g/mol. The molecule has 0 aromatic rings. The van der Waals surface area contributed by atoms with E-state index in [4.69, 9.17) is 4.74 Å². The molecule has 0 fully saturated rings. The summed E-state index contributed by atoms with van der Waals surface area (Å²) in [7, 11) is 0. The molecule has 0 spiro atoms. The maximum Gasteiger partial charge on any atom is 0.364 e. The molecule has 0 unspecified atom stereocenters. The normalized spacial score (nSPS) is 11.2.